The Balaban J connectivity index is 2.55. The van der Waals surface area contributed by atoms with Crippen LogP contribution in [0.2, 0.25) is 0 Å². The number of hydrogen-bond acceptors (Lipinski definition) is 3. The van der Waals surface area contributed by atoms with Crippen molar-refractivity contribution in [2.75, 3.05) is 12.4 Å². The van der Waals surface area contributed by atoms with Gasteiger partial charge in [-0.05, 0) is 6.07 Å². The van der Waals surface area contributed by atoms with Crippen LogP contribution in [0, 0.1) is 0 Å². The monoisotopic (exact) mass is 253 g/mol. The largest absolute Gasteiger partial charge is 0.433 e. The molecule has 0 fully saturated rings. The van der Waals surface area contributed by atoms with Crippen molar-refractivity contribution < 1.29 is 13.2 Å². The predicted octanol–water partition coefficient (Wildman–Crippen LogP) is 3.20. The van der Waals surface area contributed by atoms with E-state index < -0.39 is 11.9 Å². The van der Waals surface area contributed by atoms with Crippen molar-refractivity contribution in [3.63, 3.8) is 0 Å². The number of halogens is 3. The molecule has 3 nitrogen and oxygen atoms in total. The number of aromatic nitrogens is 2. The number of anilines is 1. The highest BCUT2D eigenvalue weighted by atomic mass is 19.4. The Bertz CT molecular complexity index is 538. The molecule has 1 aromatic carbocycles. The SMILES string of the molecule is CNc1nc(-c2ccccc2)cc(C(F)(F)F)n1. The molecule has 1 heterocycles. The highest BCUT2D eigenvalue weighted by Gasteiger charge is 2.33. The molecule has 0 aliphatic rings. The molecule has 0 saturated heterocycles. The quantitative estimate of drug-likeness (QED) is 0.893. The molecule has 0 atom stereocenters. The highest BCUT2D eigenvalue weighted by molar-refractivity contribution is 5.60. The van der Waals surface area contributed by atoms with Gasteiger partial charge in [0.15, 0.2) is 5.69 Å². The summed E-state index contributed by atoms with van der Waals surface area (Å²) < 4.78 is 38.0. The second-order valence-corrected chi connectivity index (χ2v) is 3.58. The van der Waals surface area contributed by atoms with Crippen molar-refractivity contribution in [2.24, 2.45) is 0 Å². The number of alkyl halides is 3. The molecule has 0 spiro atoms. The second kappa shape index (κ2) is 4.64. The van der Waals surface area contributed by atoms with Crippen LogP contribution in [0.15, 0.2) is 36.4 Å². The smallest absolute Gasteiger partial charge is 0.357 e. The summed E-state index contributed by atoms with van der Waals surface area (Å²) in [7, 11) is 1.48. The normalized spacial score (nSPS) is 11.3. The number of benzene rings is 1. The third-order valence-electron chi connectivity index (χ3n) is 2.31. The molecule has 0 unspecified atom stereocenters. The molecule has 0 radical (unpaired) electrons. The third-order valence-corrected chi connectivity index (χ3v) is 2.31. The fourth-order valence-electron chi connectivity index (χ4n) is 1.46. The summed E-state index contributed by atoms with van der Waals surface area (Å²) in [4.78, 5) is 7.41. The summed E-state index contributed by atoms with van der Waals surface area (Å²) in [6.45, 7) is 0. The second-order valence-electron chi connectivity index (χ2n) is 3.58. The lowest BCUT2D eigenvalue weighted by atomic mass is 10.1. The first-order valence-electron chi connectivity index (χ1n) is 5.20. The van der Waals surface area contributed by atoms with E-state index in [1.807, 2.05) is 0 Å². The molecular formula is C12H10F3N3. The maximum Gasteiger partial charge on any atom is 0.433 e. The summed E-state index contributed by atoms with van der Waals surface area (Å²) in [5.74, 6) is -0.0521. The maximum atomic E-state index is 12.7. The Morgan fingerprint density at radius 2 is 1.72 bits per heavy atom. The molecule has 2 rings (SSSR count). The minimum atomic E-state index is -4.49. The average molecular weight is 253 g/mol. The fourth-order valence-corrected chi connectivity index (χ4v) is 1.46. The van der Waals surface area contributed by atoms with Crippen LogP contribution in [-0.4, -0.2) is 17.0 Å². The molecule has 2 aromatic rings. The number of hydrogen-bond donors (Lipinski definition) is 1. The molecule has 0 aliphatic carbocycles. The molecule has 1 N–H and O–H groups in total. The van der Waals surface area contributed by atoms with E-state index in [1.54, 1.807) is 30.3 Å². The van der Waals surface area contributed by atoms with Gasteiger partial charge in [0.05, 0.1) is 5.69 Å². The minimum absolute atomic E-state index is 0.0521. The third kappa shape index (κ3) is 2.58. The molecule has 0 saturated carbocycles. The van der Waals surface area contributed by atoms with Gasteiger partial charge in [0.1, 0.15) is 0 Å². The van der Waals surface area contributed by atoms with Gasteiger partial charge < -0.3 is 5.32 Å². The Morgan fingerprint density at radius 1 is 1.06 bits per heavy atom. The van der Waals surface area contributed by atoms with Crippen molar-refractivity contribution in [1.29, 1.82) is 0 Å². The van der Waals surface area contributed by atoms with E-state index in [1.165, 1.54) is 7.05 Å². The molecule has 94 valence electrons. The van der Waals surface area contributed by atoms with Crippen LogP contribution in [0.5, 0.6) is 0 Å². The van der Waals surface area contributed by atoms with E-state index in [2.05, 4.69) is 15.3 Å². The van der Waals surface area contributed by atoms with Gasteiger partial charge in [-0.1, -0.05) is 30.3 Å². The first-order valence-corrected chi connectivity index (χ1v) is 5.20. The maximum absolute atomic E-state index is 12.7. The topological polar surface area (TPSA) is 37.8 Å². The summed E-state index contributed by atoms with van der Waals surface area (Å²) in [5, 5.41) is 2.53. The van der Waals surface area contributed by atoms with Crippen LogP contribution >= 0.6 is 0 Å². The lowest BCUT2D eigenvalue weighted by Crippen LogP contribution is -2.11. The van der Waals surface area contributed by atoms with Gasteiger partial charge >= 0.3 is 6.18 Å². The van der Waals surface area contributed by atoms with E-state index in [4.69, 9.17) is 0 Å². The van der Waals surface area contributed by atoms with Crippen molar-refractivity contribution in [3.8, 4) is 11.3 Å². The lowest BCUT2D eigenvalue weighted by Gasteiger charge is -2.10. The van der Waals surface area contributed by atoms with Crippen molar-refractivity contribution in [1.82, 2.24) is 9.97 Å². The molecule has 18 heavy (non-hydrogen) atoms. The van der Waals surface area contributed by atoms with Crippen LogP contribution in [0.4, 0.5) is 19.1 Å². The van der Waals surface area contributed by atoms with Crippen LogP contribution < -0.4 is 5.32 Å². The number of nitrogens with one attached hydrogen (secondary N) is 1. The first-order chi connectivity index (χ1) is 8.50. The zero-order chi connectivity index (χ0) is 13.2. The fraction of sp³-hybridized carbons (Fsp3) is 0.167. The first kappa shape index (κ1) is 12.3. The predicted molar refractivity (Wildman–Crippen MR) is 62.0 cm³/mol. The molecule has 0 bridgehead atoms. The van der Waals surface area contributed by atoms with Crippen LogP contribution in [0.3, 0.4) is 0 Å². The Kier molecular flexibility index (Phi) is 3.18. The number of nitrogens with zero attached hydrogens (tertiary/aromatic N) is 2. The summed E-state index contributed by atoms with van der Waals surface area (Å²) >= 11 is 0. The van der Waals surface area contributed by atoms with Crippen molar-refractivity contribution >= 4 is 5.95 Å². The van der Waals surface area contributed by atoms with Gasteiger partial charge in [0.25, 0.3) is 0 Å². The van der Waals surface area contributed by atoms with E-state index in [0.717, 1.165) is 6.07 Å². The molecule has 0 amide bonds. The van der Waals surface area contributed by atoms with E-state index >= 15 is 0 Å². The van der Waals surface area contributed by atoms with Gasteiger partial charge in [0, 0.05) is 12.6 Å². The van der Waals surface area contributed by atoms with Crippen LogP contribution in [0.25, 0.3) is 11.3 Å². The Labute approximate surface area is 102 Å². The summed E-state index contributed by atoms with van der Waals surface area (Å²) in [6, 6.07) is 9.60. The minimum Gasteiger partial charge on any atom is -0.357 e. The molecule has 0 aliphatic heterocycles. The molecular weight excluding hydrogens is 243 g/mol. The van der Waals surface area contributed by atoms with Crippen molar-refractivity contribution in [3.05, 3.63) is 42.1 Å². The Morgan fingerprint density at radius 3 is 2.28 bits per heavy atom. The summed E-state index contributed by atoms with van der Waals surface area (Å²) in [5.41, 5.74) is -0.107. The van der Waals surface area contributed by atoms with E-state index in [-0.39, 0.29) is 11.6 Å². The standard InChI is InChI=1S/C12H10F3N3/c1-16-11-17-9(8-5-3-2-4-6-8)7-10(18-11)12(13,14)15/h2-7H,1H3,(H,16,17,18). The van der Waals surface area contributed by atoms with Crippen LogP contribution in [0.1, 0.15) is 5.69 Å². The lowest BCUT2D eigenvalue weighted by molar-refractivity contribution is -0.141. The van der Waals surface area contributed by atoms with Gasteiger partial charge in [-0.15, -0.1) is 0 Å². The van der Waals surface area contributed by atoms with E-state index in [0.29, 0.717) is 5.56 Å². The van der Waals surface area contributed by atoms with Gasteiger partial charge in [-0.2, -0.15) is 13.2 Å². The highest BCUT2D eigenvalue weighted by Crippen LogP contribution is 2.30. The average Bonchev–Trinajstić information content (AvgIpc) is 2.38. The number of rotatable bonds is 2. The van der Waals surface area contributed by atoms with Gasteiger partial charge in [-0.3, -0.25) is 0 Å². The zero-order valence-corrected chi connectivity index (χ0v) is 9.49. The van der Waals surface area contributed by atoms with Gasteiger partial charge in [0.2, 0.25) is 5.95 Å². The molecule has 6 heteroatoms. The van der Waals surface area contributed by atoms with Gasteiger partial charge in [-0.25, -0.2) is 9.97 Å². The summed E-state index contributed by atoms with van der Waals surface area (Å²) in [6.07, 6.45) is -4.49. The van der Waals surface area contributed by atoms with Crippen LogP contribution in [-0.2, 0) is 6.18 Å². The van der Waals surface area contributed by atoms with Crippen molar-refractivity contribution in [2.45, 2.75) is 6.18 Å². The molecule has 1 aromatic heterocycles. The van der Waals surface area contributed by atoms with E-state index in [9.17, 15) is 13.2 Å². The zero-order valence-electron chi connectivity index (χ0n) is 9.49. The Hall–Kier alpha value is -2.11.